The fourth-order valence-electron chi connectivity index (χ4n) is 1.45. The van der Waals surface area contributed by atoms with Gasteiger partial charge in [-0.05, 0) is 35.4 Å². The first-order chi connectivity index (χ1) is 7.74. The molecule has 2 aromatic rings. The van der Waals surface area contributed by atoms with E-state index >= 15 is 0 Å². The van der Waals surface area contributed by atoms with Crippen LogP contribution < -0.4 is 0 Å². The molecular formula is C14H12O2. The Bertz CT molecular complexity index is 468. The van der Waals surface area contributed by atoms with Crippen LogP contribution in [0, 0.1) is 0 Å². The van der Waals surface area contributed by atoms with Crippen LogP contribution in [-0.2, 0) is 0 Å². The molecule has 0 unspecified atom stereocenters. The van der Waals surface area contributed by atoms with Crippen LogP contribution in [0.15, 0.2) is 48.5 Å². The average Bonchev–Trinajstić information content (AvgIpc) is 2.27. The monoisotopic (exact) mass is 212 g/mol. The van der Waals surface area contributed by atoms with Gasteiger partial charge in [0, 0.05) is 0 Å². The van der Waals surface area contributed by atoms with Crippen LogP contribution in [0.5, 0.6) is 11.5 Å². The molecule has 0 aliphatic rings. The first-order valence-corrected chi connectivity index (χ1v) is 5.00. The van der Waals surface area contributed by atoms with Crippen molar-refractivity contribution in [2.45, 2.75) is 0 Å². The lowest BCUT2D eigenvalue weighted by atomic mass is 10.1. The zero-order valence-corrected chi connectivity index (χ0v) is 8.67. The number of hydrogen-bond donors (Lipinski definition) is 2. The molecule has 0 atom stereocenters. The van der Waals surface area contributed by atoms with Crippen molar-refractivity contribution >= 4 is 12.2 Å². The molecular weight excluding hydrogens is 200 g/mol. The van der Waals surface area contributed by atoms with Crippen molar-refractivity contribution in [1.82, 2.24) is 0 Å². The van der Waals surface area contributed by atoms with E-state index < -0.39 is 0 Å². The molecule has 16 heavy (non-hydrogen) atoms. The minimum atomic E-state index is 0.248. The number of hydrogen-bond acceptors (Lipinski definition) is 2. The zero-order chi connectivity index (χ0) is 11.4. The summed E-state index contributed by atoms with van der Waals surface area (Å²) in [6.07, 6.45) is 3.77. The summed E-state index contributed by atoms with van der Waals surface area (Å²) in [5, 5.41) is 18.6. The Morgan fingerprint density at radius 3 is 1.50 bits per heavy atom. The molecule has 0 saturated carbocycles. The molecule has 0 aliphatic heterocycles. The van der Waals surface area contributed by atoms with Crippen molar-refractivity contribution in [2.75, 3.05) is 0 Å². The quantitative estimate of drug-likeness (QED) is 0.750. The first-order valence-electron chi connectivity index (χ1n) is 5.00. The van der Waals surface area contributed by atoms with E-state index in [1.807, 2.05) is 24.3 Å². The Balaban J connectivity index is 2.21. The predicted molar refractivity (Wildman–Crippen MR) is 65.1 cm³/mol. The molecule has 2 heteroatoms. The zero-order valence-electron chi connectivity index (χ0n) is 8.67. The van der Waals surface area contributed by atoms with E-state index in [9.17, 15) is 10.2 Å². The van der Waals surface area contributed by atoms with Crippen molar-refractivity contribution in [2.24, 2.45) is 0 Å². The third kappa shape index (κ3) is 2.64. The number of phenolic OH excluding ortho intramolecular Hbond substituents is 2. The third-order valence-corrected chi connectivity index (χ3v) is 2.21. The summed E-state index contributed by atoms with van der Waals surface area (Å²) in [5.41, 5.74) is 1.84. The highest BCUT2D eigenvalue weighted by atomic mass is 16.3. The molecule has 0 bridgehead atoms. The molecule has 0 spiro atoms. The van der Waals surface area contributed by atoms with Crippen molar-refractivity contribution in [3.05, 3.63) is 59.7 Å². The van der Waals surface area contributed by atoms with E-state index in [0.29, 0.717) is 0 Å². The van der Waals surface area contributed by atoms with Crippen molar-refractivity contribution in [3.63, 3.8) is 0 Å². The summed E-state index contributed by atoms with van der Waals surface area (Å²) in [4.78, 5) is 0. The second kappa shape index (κ2) is 4.53. The number of benzene rings is 2. The SMILES string of the molecule is Oc1cccc(/C=C/c2cccc(O)c2)c1. The van der Waals surface area contributed by atoms with Gasteiger partial charge in [-0.25, -0.2) is 0 Å². The summed E-state index contributed by atoms with van der Waals surface area (Å²) < 4.78 is 0. The van der Waals surface area contributed by atoms with Gasteiger partial charge >= 0.3 is 0 Å². The van der Waals surface area contributed by atoms with Crippen LogP contribution >= 0.6 is 0 Å². The van der Waals surface area contributed by atoms with E-state index in [1.54, 1.807) is 36.4 Å². The topological polar surface area (TPSA) is 40.5 Å². The van der Waals surface area contributed by atoms with Crippen LogP contribution in [0.2, 0.25) is 0 Å². The maximum absolute atomic E-state index is 9.28. The number of rotatable bonds is 2. The average molecular weight is 212 g/mol. The Morgan fingerprint density at radius 2 is 1.12 bits per heavy atom. The van der Waals surface area contributed by atoms with Gasteiger partial charge in [-0.15, -0.1) is 0 Å². The highest BCUT2D eigenvalue weighted by Crippen LogP contribution is 2.16. The molecule has 80 valence electrons. The van der Waals surface area contributed by atoms with Crippen LogP contribution in [0.1, 0.15) is 11.1 Å². The van der Waals surface area contributed by atoms with Crippen LogP contribution in [0.25, 0.3) is 12.2 Å². The Hall–Kier alpha value is -2.22. The summed E-state index contributed by atoms with van der Waals surface area (Å²) in [6, 6.07) is 14.0. The minimum absolute atomic E-state index is 0.248. The highest BCUT2D eigenvalue weighted by molar-refractivity contribution is 5.70. The Kier molecular flexibility index (Phi) is 2.92. The fraction of sp³-hybridized carbons (Fsp3) is 0. The molecule has 2 N–H and O–H groups in total. The van der Waals surface area contributed by atoms with Gasteiger partial charge < -0.3 is 10.2 Å². The molecule has 0 aromatic heterocycles. The summed E-state index contributed by atoms with van der Waals surface area (Å²) in [5.74, 6) is 0.496. The lowest BCUT2D eigenvalue weighted by molar-refractivity contribution is 0.474. The van der Waals surface area contributed by atoms with Crippen LogP contribution in [-0.4, -0.2) is 10.2 Å². The normalized spacial score (nSPS) is 10.8. The predicted octanol–water partition coefficient (Wildman–Crippen LogP) is 3.27. The van der Waals surface area contributed by atoms with Gasteiger partial charge in [0.1, 0.15) is 11.5 Å². The van der Waals surface area contributed by atoms with E-state index in [0.717, 1.165) is 11.1 Å². The standard InChI is InChI=1S/C14H12O2/c15-13-5-1-3-11(9-13)7-8-12-4-2-6-14(16)10-12/h1-10,15-16H/b8-7+. The maximum atomic E-state index is 9.28. The molecule has 2 rings (SSSR count). The fourth-order valence-corrected chi connectivity index (χ4v) is 1.45. The van der Waals surface area contributed by atoms with Crippen LogP contribution in [0.3, 0.4) is 0 Å². The van der Waals surface area contributed by atoms with Gasteiger partial charge in [0.25, 0.3) is 0 Å². The molecule has 2 nitrogen and oxygen atoms in total. The highest BCUT2D eigenvalue weighted by Gasteiger charge is 1.91. The lowest BCUT2D eigenvalue weighted by Gasteiger charge is -1.96. The lowest BCUT2D eigenvalue weighted by Crippen LogP contribution is -1.73. The largest absolute Gasteiger partial charge is 0.508 e. The Labute approximate surface area is 94.1 Å². The number of aromatic hydroxyl groups is 2. The van der Waals surface area contributed by atoms with E-state index in [-0.39, 0.29) is 11.5 Å². The summed E-state index contributed by atoms with van der Waals surface area (Å²) >= 11 is 0. The molecule has 2 aromatic carbocycles. The van der Waals surface area contributed by atoms with Gasteiger partial charge in [-0.3, -0.25) is 0 Å². The number of phenols is 2. The minimum Gasteiger partial charge on any atom is -0.508 e. The Morgan fingerprint density at radius 1 is 0.688 bits per heavy atom. The summed E-state index contributed by atoms with van der Waals surface area (Å²) in [6.45, 7) is 0. The molecule has 0 fully saturated rings. The second-order valence-corrected chi connectivity index (χ2v) is 3.52. The summed E-state index contributed by atoms with van der Waals surface area (Å²) in [7, 11) is 0. The van der Waals surface area contributed by atoms with E-state index in [2.05, 4.69) is 0 Å². The molecule has 0 amide bonds. The van der Waals surface area contributed by atoms with Gasteiger partial charge in [0.15, 0.2) is 0 Å². The van der Waals surface area contributed by atoms with Gasteiger partial charge in [0.2, 0.25) is 0 Å². The van der Waals surface area contributed by atoms with Crippen LogP contribution in [0.4, 0.5) is 0 Å². The van der Waals surface area contributed by atoms with Gasteiger partial charge in [-0.1, -0.05) is 36.4 Å². The second-order valence-electron chi connectivity index (χ2n) is 3.52. The van der Waals surface area contributed by atoms with Crippen molar-refractivity contribution in [1.29, 1.82) is 0 Å². The molecule has 0 saturated heterocycles. The van der Waals surface area contributed by atoms with E-state index in [4.69, 9.17) is 0 Å². The maximum Gasteiger partial charge on any atom is 0.116 e. The van der Waals surface area contributed by atoms with Crippen molar-refractivity contribution < 1.29 is 10.2 Å². The van der Waals surface area contributed by atoms with Crippen molar-refractivity contribution in [3.8, 4) is 11.5 Å². The molecule has 0 aliphatic carbocycles. The third-order valence-electron chi connectivity index (χ3n) is 2.21. The first kappa shape index (κ1) is 10.3. The van der Waals surface area contributed by atoms with E-state index in [1.165, 1.54) is 0 Å². The van der Waals surface area contributed by atoms with Gasteiger partial charge in [-0.2, -0.15) is 0 Å². The molecule has 0 radical (unpaired) electrons. The smallest absolute Gasteiger partial charge is 0.116 e. The molecule has 0 heterocycles. The van der Waals surface area contributed by atoms with Gasteiger partial charge in [0.05, 0.1) is 0 Å².